The third-order valence-corrected chi connectivity index (χ3v) is 18.8. The molecule has 0 radical (unpaired) electrons. The molecule has 2 aliphatic heterocycles. The van der Waals surface area contributed by atoms with Gasteiger partial charge in [0.1, 0.15) is 29.4 Å². The topological polar surface area (TPSA) is 239 Å². The zero-order chi connectivity index (χ0) is 63.7. The average molecular weight is 1270 g/mol. The molecular formula is C64H74ClFN8O12S2. The van der Waals surface area contributed by atoms with Crippen molar-refractivity contribution in [1.29, 1.82) is 0 Å². The van der Waals surface area contributed by atoms with Crippen LogP contribution in [0.3, 0.4) is 0 Å². The van der Waals surface area contributed by atoms with Crippen LogP contribution in [0.4, 0.5) is 48.1 Å². The van der Waals surface area contributed by atoms with Crippen LogP contribution in [0.25, 0.3) is 0 Å². The summed E-state index contributed by atoms with van der Waals surface area (Å²) in [4.78, 5) is 56.9. The van der Waals surface area contributed by atoms with E-state index in [0.29, 0.717) is 95.7 Å². The Kier molecular flexibility index (Phi) is 23.4. The lowest BCUT2D eigenvalue weighted by Gasteiger charge is -2.29. The number of benzene rings is 6. The van der Waals surface area contributed by atoms with Gasteiger partial charge in [0.05, 0.1) is 32.5 Å². The van der Waals surface area contributed by atoms with Crippen molar-refractivity contribution < 1.29 is 60.1 Å². The van der Waals surface area contributed by atoms with Crippen LogP contribution in [0.2, 0.25) is 5.02 Å². The van der Waals surface area contributed by atoms with Crippen LogP contribution in [0.15, 0.2) is 143 Å². The maximum atomic E-state index is 13.8. The fourth-order valence-corrected chi connectivity index (χ4v) is 13.1. The Hall–Kier alpha value is -8.72. The zero-order valence-corrected chi connectivity index (χ0v) is 52.2. The van der Waals surface area contributed by atoms with Crippen LogP contribution in [-0.2, 0) is 42.5 Å². The molecule has 0 unspecified atom stereocenters. The Morgan fingerprint density at radius 3 is 1.34 bits per heavy atom. The van der Waals surface area contributed by atoms with Gasteiger partial charge in [-0.15, -0.1) is 0 Å². The van der Waals surface area contributed by atoms with Crippen molar-refractivity contribution >= 4 is 89.9 Å². The first kappa shape index (κ1) is 66.8. The van der Waals surface area contributed by atoms with E-state index in [1.54, 1.807) is 89.5 Å². The van der Waals surface area contributed by atoms with E-state index in [2.05, 4.69) is 21.6 Å². The summed E-state index contributed by atoms with van der Waals surface area (Å²) in [5.41, 5.74) is 3.81. The van der Waals surface area contributed by atoms with Crippen LogP contribution in [-0.4, -0.2) is 132 Å². The second-order valence-electron chi connectivity index (χ2n) is 20.6. The number of nitrogens with zero attached hydrogens (tertiary/aromatic N) is 6. The third kappa shape index (κ3) is 16.9. The number of ether oxygens (including phenoxy) is 2. The number of sulfonamides is 2. The minimum Gasteiger partial charge on any atom is -0.480 e. The van der Waals surface area contributed by atoms with Gasteiger partial charge in [-0.3, -0.25) is 4.31 Å². The minimum absolute atomic E-state index is 0.0192. The van der Waals surface area contributed by atoms with E-state index in [0.717, 1.165) is 61.3 Å². The maximum Gasteiger partial charge on any atom is 0.415 e. The molecule has 0 aliphatic carbocycles. The molecule has 0 spiro atoms. The van der Waals surface area contributed by atoms with Gasteiger partial charge < -0.3 is 49.9 Å². The lowest BCUT2D eigenvalue weighted by atomic mass is 10.0. The number of anilines is 6. The number of carboxylic acids is 2. The molecule has 0 aromatic heterocycles. The van der Waals surface area contributed by atoms with Crippen molar-refractivity contribution in [3.8, 4) is 24.0 Å². The molecule has 0 bridgehead atoms. The number of nitrogens with one attached hydrogen (secondary N) is 2. The van der Waals surface area contributed by atoms with Gasteiger partial charge in [0.15, 0.2) is 0 Å². The predicted octanol–water partition coefficient (Wildman–Crippen LogP) is 11.3. The molecule has 2 atom stereocenters. The van der Waals surface area contributed by atoms with Gasteiger partial charge in [-0.2, -0.15) is 4.31 Å². The monoisotopic (exact) mass is 1260 g/mol. The van der Waals surface area contributed by atoms with Crippen molar-refractivity contribution in [3.05, 3.63) is 155 Å². The van der Waals surface area contributed by atoms with Crippen LogP contribution in [0.5, 0.6) is 11.5 Å². The summed E-state index contributed by atoms with van der Waals surface area (Å²) in [6, 6.07) is 33.6. The second kappa shape index (κ2) is 30.8. The highest BCUT2D eigenvalue weighted by Gasteiger charge is 2.31. The number of carboxylic acid groups (broad SMARTS) is 2. The quantitative estimate of drug-likeness (QED) is 0.0308. The molecule has 6 aromatic carbocycles. The number of carbonyl (C=O) groups is 4. The Balaban J connectivity index is 0.000000251. The van der Waals surface area contributed by atoms with Crippen molar-refractivity contribution in [2.75, 3.05) is 87.9 Å². The number of halogens is 2. The Morgan fingerprint density at radius 1 is 0.568 bits per heavy atom. The molecule has 0 saturated carbocycles. The zero-order valence-electron chi connectivity index (χ0n) is 49.8. The normalized spacial score (nSPS) is 13.7. The summed E-state index contributed by atoms with van der Waals surface area (Å²) in [7, 11) is -8.33. The third-order valence-electron chi connectivity index (χ3n) is 15.0. The fourth-order valence-electron chi connectivity index (χ4n) is 10.2. The number of rotatable bonds is 25. The number of hydrogen-bond acceptors (Lipinski definition) is 14. The lowest BCUT2D eigenvalue weighted by Crippen LogP contribution is -2.35. The summed E-state index contributed by atoms with van der Waals surface area (Å²) in [5, 5.41) is 26.9. The fraction of sp³-hybridized carbons (Fsp3) is 0.344. The summed E-state index contributed by atoms with van der Waals surface area (Å²) >= 11 is 6.00. The van der Waals surface area contributed by atoms with Gasteiger partial charge in [0.2, 0.25) is 0 Å². The molecule has 2 amide bonds. The highest BCUT2D eigenvalue weighted by Crippen LogP contribution is 2.37. The van der Waals surface area contributed by atoms with E-state index in [1.807, 2.05) is 38.7 Å². The van der Waals surface area contributed by atoms with E-state index in [-0.39, 0.29) is 40.6 Å². The molecule has 4 N–H and O–H groups in total. The summed E-state index contributed by atoms with van der Waals surface area (Å²) < 4.78 is 81.0. The second-order valence-corrected chi connectivity index (χ2v) is 24.7. The van der Waals surface area contributed by atoms with Crippen molar-refractivity contribution in [2.24, 2.45) is 0 Å². The van der Waals surface area contributed by atoms with Crippen LogP contribution >= 0.6 is 11.6 Å². The summed E-state index contributed by atoms with van der Waals surface area (Å²) in [6.45, 7) is 15.2. The van der Waals surface area contributed by atoms with Gasteiger partial charge in [-0.25, -0.2) is 40.4 Å². The van der Waals surface area contributed by atoms with Crippen LogP contribution in [0.1, 0.15) is 71.4 Å². The van der Waals surface area contributed by atoms with Crippen LogP contribution in [0, 0.1) is 18.3 Å². The van der Waals surface area contributed by atoms with Gasteiger partial charge in [-0.1, -0.05) is 42.3 Å². The molecule has 8 rings (SSSR count). The molecule has 2 aliphatic rings. The first-order chi connectivity index (χ1) is 42.1. The van der Waals surface area contributed by atoms with E-state index in [4.69, 9.17) is 27.5 Å². The number of hydrogen-bond donors (Lipinski definition) is 4. The lowest BCUT2D eigenvalue weighted by molar-refractivity contribution is -0.138. The first-order valence-corrected chi connectivity index (χ1v) is 32.3. The molecule has 88 heavy (non-hydrogen) atoms. The van der Waals surface area contributed by atoms with Gasteiger partial charge in [0.25, 0.3) is 20.0 Å². The van der Waals surface area contributed by atoms with E-state index in [9.17, 15) is 50.6 Å². The van der Waals surface area contributed by atoms with Crippen molar-refractivity contribution in [3.63, 3.8) is 0 Å². The smallest absolute Gasteiger partial charge is 0.415 e. The van der Waals surface area contributed by atoms with Crippen molar-refractivity contribution in [1.82, 2.24) is 9.80 Å². The highest BCUT2D eigenvalue weighted by molar-refractivity contribution is 7.93. The molecule has 2 fully saturated rings. The molecule has 2 heterocycles. The van der Waals surface area contributed by atoms with E-state index < -0.39 is 62.1 Å². The Morgan fingerprint density at radius 2 is 0.955 bits per heavy atom. The molecule has 6 aromatic rings. The summed E-state index contributed by atoms with van der Waals surface area (Å²) in [5.74, 6) is -2.16. The predicted molar refractivity (Wildman–Crippen MR) is 341 cm³/mol. The molecule has 2 saturated heterocycles. The van der Waals surface area contributed by atoms with E-state index in [1.165, 1.54) is 34.6 Å². The number of aliphatic carboxylic acids is 2. The number of amides is 2. The highest BCUT2D eigenvalue weighted by atomic mass is 35.5. The number of terminal acetylenes is 1. The standard InChI is InChI=1S/C32H39ClN4O6S.C32H35FN4O6S/c2*1-4-35(5-2)25-13-18-30(37(6-3)44(41,42)27-16-11-24(33)12-17-27)28(22-25)34-29(31(38)39)21-23-9-14-26(15-10-23)43-32(40)36-19-7-8-20-36/h9-18,22,29,34H,4-8,19-21H2,1-3H3,(H,38,39);3,9-18,22,29,34H,4-5,7-8,19-21H2,1-2H3,(H,38,39)/t2*29-/m11/s1. The first-order valence-electron chi connectivity index (χ1n) is 29.1. The minimum atomic E-state index is -4.34. The summed E-state index contributed by atoms with van der Waals surface area (Å²) in [6.07, 6.45) is 8.81. The number of carbonyl (C=O) groups excluding carboxylic acids is 2. The van der Waals surface area contributed by atoms with Crippen molar-refractivity contribution in [2.45, 2.75) is 95.0 Å². The Bertz CT molecular complexity index is 3630. The van der Waals surface area contributed by atoms with Crippen LogP contribution < -0.4 is 38.5 Å². The average Bonchev–Trinajstić information content (AvgIpc) is 3.92. The number of likely N-dealkylation sites (tertiary alicyclic amines) is 2. The Labute approximate surface area is 519 Å². The molecule has 24 heteroatoms. The maximum absolute atomic E-state index is 13.8. The SMILES string of the molecule is C#CN(c1ccc(N(CC)CC)cc1N[C@H](Cc1ccc(OC(=O)N2CCCC2)cc1)C(=O)O)S(=O)(=O)c1ccc(F)cc1.CCN(CC)c1ccc(N(CC)S(=O)(=O)c2ccc(Cl)cc2)c(N[C@H](Cc2ccc(OC(=O)N3CCCC3)cc2)C(=O)O)c1. The van der Waals surface area contributed by atoms with Gasteiger partial charge in [-0.05, 0) is 181 Å². The largest absolute Gasteiger partial charge is 0.480 e. The molecule has 468 valence electrons. The molecular weight excluding hydrogens is 1190 g/mol. The van der Waals surface area contributed by atoms with E-state index >= 15 is 0 Å². The van der Waals surface area contributed by atoms with Gasteiger partial charge >= 0.3 is 24.1 Å². The van der Waals surface area contributed by atoms with Gasteiger partial charge in [0, 0.05) is 94.2 Å². The molecule has 20 nitrogen and oxygen atoms in total.